The van der Waals surface area contributed by atoms with Gasteiger partial charge >= 0.3 is 0 Å². The normalized spacial score (nSPS) is 10.5. The lowest BCUT2D eigenvalue weighted by atomic mass is 10.4. The van der Waals surface area contributed by atoms with Crippen molar-refractivity contribution in [2.75, 3.05) is 7.11 Å². The number of hydrogen-bond acceptors (Lipinski definition) is 1. The Kier molecular flexibility index (Phi) is 5.43. The van der Waals surface area contributed by atoms with Crippen molar-refractivity contribution in [1.29, 1.82) is 0 Å². The van der Waals surface area contributed by atoms with Crippen molar-refractivity contribution in [2.45, 2.75) is 32.4 Å². The van der Waals surface area contributed by atoms with Crippen LogP contribution in [0.15, 0.2) is 0 Å². The van der Waals surface area contributed by atoms with Crippen LogP contribution in [-0.4, -0.2) is 16.2 Å². The fourth-order valence-corrected chi connectivity index (χ4v) is 1.58. The summed E-state index contributed by atoms with van der Waals surface area (Å²) in [5.74, 6) is 0. The largest absolute Gasteiger partial charge is 0.420 e. The van der Waals surface area contributed by atoms with Crippen LogP contribution in [0.5, 0.6) is 0 Å². The van der Waals surface area contributed by atoms with Gasteiger partial charge in [0, 0.05) is 7.11 Å². The molecule has 0 aromatic heterocycles. The highest BCUT2D eigenvalue weighted by molar-refractivity contribution is 6.50. The molecule has 0 atom stereocenters. The van der Waals surface area contributed by atoms with E-state index >= 15 is 0 Å². The van der Waals surface area contributed by atoms with Gasteiger partial charge in [0.05, 0.1) is 0 Å². The van der Waals surface area contributed by atoms with Gasteiger partial charge in [-0.3, -0.25) is 0 Å². The Bertz CT molecular complexity index is 47.8. The van der Waals surface area contributed by atoms with Crippen molar-refractivity contribution in [3.63, 3.8) is 0 Å². The first-order chi connectivity index (χ1) is 3.81. The van der Waals surface area contributed by atoms with Crippen LogP contribution in [0.3, 0.4) is 0 Å². The fourth-order valence-electron chi connectivity index (χ4n) is 0.528. The SMILES string of the molecule is CCCC[Si](C)OC. The number of hydrogen-bond donors (Lipinski definition) is 0. The predicted octanol–water partition coefficient (Wildman–Crippen LogP) is 2.05. The van der Waals surface area contributed by atoms with E-state index in [-0.39, 0.29) is 0 Å². The Morgan fingerprint density at radius 2 is 2.12 bits per heavy atom. The predicted molar refractivity (Wildman–Crippen MR) is 38.3 cm³/mol. The molecule has 0 aliphatic rings. The smallest absolute Gasteiger partial charge is 0.207 e. The maximum atomic E-state index is 5.15. The van der Waals surface area contributed by atoms with E-state index in [0.717, 1.165) is 0 Å². The minimum atomic E-state index is -0.392. The highest BCUT2D eigenvalue weighted by Gasteiger charge is 1.99. The van der Waals surface area contributed by atoms with Crippen LogP contribution in [0.1, 0.15) is 19.8 Å². The minimum absolute atomic E-state index is 0.392. The second-order valence-corrected chi connectivity index (χ2v) is 4.32. The summed E-state index contributed by atoms with van der Waals surface area (Å²) in [6, 6.07) is 1.30. The van der Waals surface area contributed by atoms with Gasteiger partial charge in [0.2, 0.25) is 9.04 Å². The van der Waals surface area contributed by atoms with Crippen molar-refractivity contribution in [3.8, 4) is 0 Å². The Morgan fingerprint density at radius 1 is 1.50 bits per heavy atom. The van der Waals surface area contributed by atoms with Crippen molar-refractivity contribution < 1.29 is 4.43 Å². The molecule has 0 saturated heterocycles. The number of rotatable bonds is 4. The zero-order chi connectivity index (χ0) is 6.41. The molecule has 8 heavy (non-hydrogen) atoms. The molecule has 0 aromatic carbocycles. The zero-order valence-corrected chi connectivity index (χ0v) is 7.03. The van der Waals surface area contributed by atoms with Crippen molar-refractivity contribution >= 4 is 9.04 Å². The first-order valence-corrected chi connectivity index (χ1v) is 5.29. The molecule has 0 unspecified atom stereocenters. The summed E-state index contributed by atoms with van der Waals surface area (Å²) in [7, 11) is 1.42. The third-order valence-corrected chi connectivity index (χ3v) is 2.99. The molecular formula is C6H15OSi. The van der Waals surface area contributed by atoms with Crippen LogP contribution in [0.2, 0.25) is 12.6 Å². The van der Waals surface area contributed by atoms with Gasteiger partial charge in [0.25, 0.3) is 0 Å². The van der Waals surface area contributed by atoms with Gasteiger partial charge in [-0.1, -0.05) is 19.8 Å². The van der Waals surface area contributed by atoms with Gasteiger partial charge in [-0.2, -0.15) is 0 Å². The molecule has 49 valence electrons. The molecule has 0 amide bonds. The van der Waals surface area contributed by atoms with Gasteiger partial charge in [-0.05, 0) is 12.6 Å². The van der Waals surface area contributed by atoms with E-state index in [0.29, 0.717) is 0 Å². The lowest BCUT2D eigenvalue weighted by Gasteiger charge is -2.02. The van der Waals surface area contributed by atoms with Gasteiger partial charge < -0.3 is 4.43 Å². The van der Waals surface area contributed by atoms with Crippen LogP contribution >= 0.6 is 0 Å². The summed E-state index contributed by atoms with van der Waals surface area (Å²) in [6.07, 6.45) is 2.63. The maximum absolute atomic E-state index is 5.15. The molecular weight excluding hydrogens is 116 g/mol. The van der Waals surface area contributed by atoms with E-state index in [9.17, 15) is 0 Å². The Morgan fingerprint density at radius 3 is 2.50 bits per heavy atom. The van der Waals surface area contributed by atoms with Crippen molar-refractivity contribution in [3.05, 3.63) is 0 Å². The highest BCUT2D eigenvalue weighted by Crippen LogP contribution is 1.99. The molecule has 0 N–H and O–H groups in total. The molecule has 0 fully saturated rings. The van der Waals surface area contributed by atoms with Gasteiger partial charge in [-0.15, -0.1) is 0 Å². The average Bonchev–Trinajstić information content (AvgIpc) is 1.83. The summed E-state index contributed by atoms with van der Waals surface area (Å²) < 4.78 is 5.15. The van der Waals surface area contributed by atoms with E-state index in [1.807, 2.05) is 7.11 Å². The molecule has 0 aliphatic heterocycles. The second-order valence-electron chi connectivity index (χ2n) is 2.01. The third-order valence-electron chi connectivity index (χ3n) is 1.23. The quantitative estimate of drug-likeness (QED) is 0.531. The molecule has 2 heteroatoms. The monoisotopic (exact) mass is 131 g/mol. The van der Waals surface area contributed by atoms with Crippen LogP contribution in [0, 0.1) is 0 Å². The summed E-state index contributed by atoms with van der Waals surface area (Å²) in [5.41, 5.74) is 0. The first-order valence-electron chi connectivity index (χ1n) is 3.17. The molecule has 0 rings (SSSR count). The molecule has 1 nitrogen and oxygen atoms in total. The summed E-state index contributed by atoms with van der Waals surface area (Å²) >= 11 is 0. The van der Waals surface area contributed by atoms with E-state index < -0.39 is 9.04 Å². The maximum Gasteiger partial charge on any atom is 0.207 e. The van der Waals surface area contributed by atoms with Crippen molar-refractivity contribution in [2.24, 2.45) is 0 Å². The van der Waals surface area contributed by atoms with Gasteiger partial charge in [0.1, 0.15) is 0 Å². The van der Waals surface area contributed by atoms with E-state index in [1.54, 1.807) is 0 Å². The summed E-state index contributed by atoms with van der Waals surface area (Å²) in [4.78, 5) is 0. The molecule has 0 saturated carbocycles. The third kappa shape index (κ3) is 4.34. The highest BCUT2D eigenvalue weighted by atomic mass is 28.3. The molecule has 0 bridgehead atoms. The molecule has 0 aliphatic carbocycles. The average molecular weight is 131 g/mol. The Hall–Kier alpha value is 0.177. The van der Waals surface area contributed by atoms with Crippen molar-refractivity contribution in [1.82, 2.24) is 0 Å². The number of unbranched alkanes of at least 4 members (excludes halogenated alkanes) is 1. The standard InChI is InChI=1S/C6H15OSi/c1-4-5-6-8(3)7-2/h4-6H2,1-3H3. The Labute approximate surface area is 53.8 Å². The van der Waals surface area contributed by atoms with E-state index in [2.05, 4.69) is 13.5 Å². The Balaban J connectivity index is 2.86. The van der Waals surface area contributed by atoms with Crippen LogP contribution in [0.4, 0.5) is 0 Å². The van der Waals surface area contributed by atoms with Gasteiger partial charge in [0.15, 0.2) is 0 Å². The summed E-state index contributed by atoms with van der Waals surface area (Å²) in [6.45, 7) is 4.42. The molecule has 1 radical (unpaired) electrons. The topological polar surface area (TPSA) is 9.23 Å². The minimum Gasteiger partial charge on any atom is -0.420 e. The van der Waals surface area contributed by atoms with Crippen LogP contribution < -0.4 is 0 Å². The second kappa shape index (κ2) is 5.32. The molecule has 0 spiro atoms. The zero-order valence-electron chi connectivity index (χ0n) is 6.03. The van der Waals surface area contributed by atoms with E-state index in [4.69, 9.17) is 4.43 Å². The lowest BCUT2D eigenvalue weighted by Crippen LogP contribution is -2.08. The van der Waals surface area contributed by atoms with E-state index in [1.165, 1.54) is 18.9 Å². The fraction of sp³-hybridized carbons (Fsp3) is 1.00. The lowest BCUT2D eigenvalue weighted by molar-refractivity contribution is 0.422. The molecule has 0 heterocycles. The first kappa shape index (κ1) is 8.18. The summed E-state index contributed by atoms with van der Waals surface area (Å²) in [5, 5.41) is 0. The van der Waals surface area contributed by atoms with Crippen LogP contribution in [-0.2, 0) is 4.43 Å². The van der Waals surface area contributed by atoms with Crippen LogP contribution in [0.25, 0.3) is 0 Å². The molecule has 0 aromatic rings. The van der Waals surface area contributed by atoms with Gasteiger partial charge in [-0.25, -0.2) is 0 Å².